The quantitative estimate of drug-likeness (QED) is 0.796. The van der Waals surface area contributed by atoms with Crippen molar-refractivity contribution in [2.45, 2.75) is 26.4 Å². The number of ether oxygens (including phenoxy) is 1. The van der Waals surface area contributed by atoms with Crippen LogP contribution in [0.2, 0.25) is 0 Å². The summed E-state index contributed by atoms with van der Waals surface area (Å²) in [5.74, 6) is -0.293. The van der Waals surface area contributed by atoms with E-state index in [2.05, 4.69) is 6.58 Å². The Bertz CT molecular complexity index is 396. The number of rotatable bonds is 3. The Morgan fingerprint density at radius 2 is 1.75 bits per heavy atom. The van der Waals surface area contributed by atoms with E-state index in [1.165, 1.54) is 0 Å². The van der Waals surface area contributed by atoms with Crippen molar-refractivity contribution < 1.29 is 14.6 Å². The lowest BCUT2D eigenvalue weighted by molar-refractivity contribution is -0.130. The molecule has 16 heavy (non-hydrogen) atoms. The molecule has 0 fully saturated rings. The van der Waals surface area contributed by atoms with E-state index in [1.807, 2.05) is 20.8 Å². The number of aliphatic carboxylic acids is 1. The average Bonchev–Trinajstić information content (AvgIpc) is 2.15. The maximum absolute atomic E-state index is 10.7. The van der Waals surface area contributed by atoms with Gasteiger partial charge in [-0.25, -0.2) is 4.79 Å². The van der Waals surface area contributed by atoms with Crippen molar-refractivity contribution >= 4 is 11.5 Å². The summed E-state index contributed by atoms with van der Waals surface area (Å²) < 4.78 is 5.62. The van der Waals surface area contributed by atoms with Crippen molar-refractivity contribution in [2.75, 3.05) is 0 Å². The fourth-order valence-electron chi connectivity index (χ4n) is 1.20. The average molecular weight is 220 g/mol. The molecule has 0 amide bonds. The molecule has 1 rings (SSSR count). The van der Waals surface area contributed by atoms with Gasteiger partial charge >= 0.3 is 5.97 Å². The molecule has 0 saturated heterocycles. The zero-order valence-electron chi connectivity index (χ0n) is 9.78. The van der Waals surface area contributed by atoms with Gasteiger partial charge in [0, 0.05) is 0 Å². The van der Waals surface area contributed by atoms with E-state index in [4.69, 9.17) is 9.84 Å². The Hall–Kier alpha value is -1.77. The lowest BCUT2D eigenvalue weighted by Gasteiger charge is -2.21. The van der Waals surface area contributed by atoms with E-state index >= 15 is 0 Å². The monoisotopic (exact) mass is 220 g/mol. The fourth-order valence-corrected chi connectivity index (χ4v) is 1.20. The molecule has 1 aromatic carbocycles. The van der Waals surface area contributed by atoms with E-state index in [1.54, 1.807) is 24.3 Å². The van der Waals surface area contributed by atoms with Crippen molar-refractivity contribution in [3.8, 4) is 5.75 Å². The third kappa shape index (κ3) is 3.42. The van der Waals surface area contributed by atoms with Crippen molar-refractivity contribution in [1.82, 2.24) is 0 Å². The van der Waals surface area contributed by atoms with Crippen LogP contribution in [-0.4, -0.2) is 16.7 Å². The van der Waals surface area contributed by atoms with Gasteiger partial charge in [0.15, 0.2) is 0 Å². The highest BCUT2D eigenvalue weighted by Gasteiger charge is 2.12. The number of hydrogen-bond donors (Lipinski definition) is 1. The normalized spacial score (nSPS) is 10.9. The van der Waals surface area contributed by atoms with Crippen LogP contribution in [0.3, 0.4) is 0 Å². The highest BCUT2D eigenvalue weighted by Crippen LogP contribution is 2.21. The van der Waals surface area contributed by atoms with Gasteiger partial charge in [-0.05, 0) is 38.5 Å². The van der Waals surface area contributed by atoms with E-state index in [9.17, 15) is 4.79 Å². The van der Waals surface area contributed by atoms with Gasteiger partial charge in [-0.15, -0.1) is 0 Å². The number of carboxylic acids is 1. The zero-order valence-corrected chi connectivity index (χ0v) is 9.78. The van der Waals surface area contributed by atoms with Crippen LogP contribution in [0.25, 0.3) is 5.57 Å². The summed E-state index contributed by atoms with van der Waals surface area (Å²) in [4.78, 5) is 10.7. The fraction of sp³-hybridized carbons (Fsp3) is 0.308. The van der Waals surface area contributed by atoms with Crippen molar-refractivity contribution in [3.63, 3.8) is 0 Å². The Balaban J connectivity index is 2.84. The third-order valence-electron chi connectivity index (χ3n) is 1.88. The van der Waals surface area contributed by atoms with Crippen molar-refractivity contribution in [3.05, 3.63) is 36.4 Å². The molecule has 0 radical (unpaired) electrons. The number of carbonyl (C=O) groups is 1. The molecule has 0 unspecified atom stereocenters. The maximum Gasteiger partial charge on any atom is 0.335 e. The molecule has 0 aliphatic rings. The maximum atomic E-state index is 10.7. The largest absolute Gasteiger partial charge is 0.488 e. The molecule has 0 spiro atoms. The minimum absolute atomic E-state index is 0.0855. The first-order chi connectivity index (χ1) is 7.29. The molecule has 0 aliphatic heterocycles. The summed E-state index contributed by atoms with van der Waals surface area (Å²) in [6.45, 7) is 9.35. The van der Waals surface area contributed by atoms with Crippen LogP contribution in [-0.2, 0) is 4.79 Å². The SMILES string of the molecule is C=C(C(=O)O)c1ccc(OC(C)(C)C)cc1. The highest BCUT2D eigenvalue weighted by molar-refractivity contribution is 6.14. The standard InChI is InChI=1S/C13H16O3/c1-9(12(14)15)10-5-7-11(8-6-10)16-13(2,3)4/h5-8H,1H2,2-4H3,(H,14,15). The molecular formula is C13H16O3. The molecule has 0 saturated carbocycles. The van der Waals surface area contributed by atoms with Gasteiger partial charge in [0.1, 0.15) is 11.4 Å². The lowest BCUT2D eigenvalue weighted by Crippen LogP contribution is -2.22. The molecule has 1 N–H and O–H groups in total. The van der Waals surface area contributed by atoms with Gasteiger partial charge in [0.2, 0.25) is 0 Å². The van der Waals surface area contributed by atoms with E-state index in [0.29, 0.717) is 5.56 Å². The molecule has 0 atom stereocenters. The first-order valence-corrected chi connectivity index (χ1v) is 5.01. The second-order valence-electron chi connectivity index (χ2n) is 4.52. The van der Waals surface area contributed by atoms with Crippen LogP contribution in [0.4, 0.5) is 0 Å². The van der Waals surface area contributed by atoms with Gasteiger partial charge in [0.05, 0.1) is 5.57 Å². The van der Waals surface area contributed by atoms with Crippen molar-refractivity contribution in [2.24, 2.45) is 0 Å². The van der Waals surface area contributed by atoms with E-state index in [0.717, 1.165) is 5.75 Å². The number of benzene rings is 1. The molecule has 0 aliphatic carbocycles. The zero-order chi connectivity index (χ0) is 12.3. The smallest absolute Gasteiger partial charge is 0.335 e. The molecule has 0 aromatic heterocycles. The van der Waals surface area contributed by atoms with Crippen LogP contribution < -0.4 is 4.74 Å². The third-order valence-corrected chi connectivity index (χ3v) is 1.88. The van der Waals surface area contributed by atoms with Gasteiger partial charge in [-0.1, -0.05) is 18.7 Å². The van der Waals surface area contributed by atoms with E-state index < -0.39 is 5.97 Å². The summed E-state index contributed by atoms with van der Waals surface area (Å²) >= 11 is 0. The van der Waals surface area contributed by atoms with Gasteiger partial charge in [-0.3, -0.25) is 0 Å². The molecule has 86 valence electrons. The second-order valence-corrected chi connectivity index (χ2v) is 4.52. The Labute approximate surface area is 95.4 Å². The lowest BCUT2D eigenvalue weighted by atomic mass is 10.1. The minimum atomic E-state index is -1.01. The predicted molar refractivity (Wildman–Crippen MR) is 63.5 cm³/mol. The number of carboxylic acid groups (broad SMARTS) is 1. The van der Waals surface area contributed by atoms with Crippen LogP contribution in [0.5, 0.6) is 5.75 Å². The van der Waals surface area contributed by atoms with Crippen LogP contribution >= 0.6 is 0 Å². The van der Waals surface area contributed by atoms with Gasteiger partial charge in [0.25, 0.3) is 0 Å². The van der Waals surface area contributed by atoms with Crippen LogP contribution in [0, 0.1) is 0 Å². The van der Waals surface area contributed by atoms with Crippen LogP contribution in [0.15, 0.2) is 30.8 Å². The van der Waals surface area contributed by atoms with Crippen LogP contribution in [0.1, 0.15) is 26.3 Å². The Morgan fingerprint density at radius 1 is 1.25 bits per heavy atom. The van der Waals surface area contributed by atoms with Crippen molar-refractivity contribution in [1.29, 1.82) is 0 Å². The summed E-state index contributed by atoms with van der Waals surface area (Å²) in [5.41, 5.74) is 0.418. The van der Waals surface area contributed by atoms with Gasteiger partial charge in [-0.2, -0.15) is 0 Å². The molecule has 1 aromatic rings. The number of hydrogen-bond acceptors (Lipinski definition) is 2. The summed E-state index contributed by atoms with van der Waals surface area (Å²) in [6, 6.07) is 6.87. The van der Waals surface area contributed by atoms with E-state index in [-0.39, 0.29) is 11.2 Å². The molecule has 0 heterocycles. The second kappa shape index (κ2) is 4.39. The first kappa shape index (κ1) is 12.3. The minimum Gasteiger partial charge on any atom is -0.488 e. The molecular weight excluding hydrogens is 204 g/mol. The summed E-state index contributed by atoms with van der Waals surface area (Å²) in [7, 11) is 0. The summed E-state index contributed by atoms with van der Waals surface area (Å²) in [6.07, 6.45) is 0. The Kier molecular flexibility index (Phi) is 3.38. The molecule has 3 nitrogen and oxygen atoms in total. The molecule has 0 bridgehead atoms. The first-order valence-electron chi connectivity index (χ1n) is 5.01. The topological polar surface area (TPSA) is 46.5 Å². The Morgan fingerprint density at radius 3 is 2.12 bits per heavy atom. The predicted octanol–water partition coefficient (Wildman–Crippen LogP) is 2.96. The summed E-state index contributed by atoms with van der Waals surface area (Å²) in [5, 5.41) is 8.76. The molecule has 3 heteroatoms. The highest BCUT2D eigenvalue weighted by atomic mass is 16.5. The van der Waals surface area contributed by atoms with Gasteiger partial charge < -0.3 is 9.84 Å².